The molecular weight excluding hydrogens is 582 g/mol. The zero-order chi connectivity index (χ0) is 34.2. The number of esters is 1. The molecule has 2 rings (SSSR count). The fraction of sp³-hybridized carbons (Fsp3) is 0.811. The van der Waals surface area contributed by atoms with Crippen molar-refractivity contribution >= 4 is 14.3 Å². The number of carbonyl (C=O) groups excluding carboxylic acids is 1. The molecule has 11 atom stereocenters. The van der Waals surface area contributed by atoms with Crippen molar-refractivity contribution in [3.05, 3.63) is 35.1 Å². The van der Waals surface area contributed by atoms with E-state index in [0.717, 1.165) is 30.6 Å². The molecule has 45 heavy (non-hydrogen) atoms. The van der Waals surface area contributed by atoms with E-state index in [9.17, 15) is 4.79 Å². The van der Waals surface area contributed by atoms with Crippen LogP contribution in [0.4, 0.5) is 0 Å². The second-order valence-electron chi connectivity index (χ2n) is 15.2. The number of hydrogen-bond acceptors (Lipinski definition) is 7. The van der Waals surface area contributed by atoms with Crippen LogP contribution in [0.5, 0.6) is 0 Å². The Bertz CT molecular complexity index is 1030. The summed E-state index contributed by atoms with van der Waals surface area (Å²) in [6.45, 7) is 26.2. The number of nitrogens with zero attached hydrogens (tertiary/aromatic N) is 1. The van der Waals surface area contributed by atoms with Gasteiger partial charge >= 0.3 is 5.97 Å². The predicted molar refractivity (Wildman–Crippen MR) is 187 cm³/mol. The number of carbonyl (C=O) groups is 1. The molecule has 7 nitrogen and oxygen atoms in total. The second-order valence-corrected chi connectivity index (χ2v) is 19.6. The van der Waals surface area contributed by atoms with Gasteiger partial charge in [-0.25, -0.2) is 0 Å². The highest BCUT2D eigenvalue weighted by molar-refractivity contribution is 6.70. The minimum Gasteiger partial charge on any atom is -0.544 e. The van der Waals surface area contributed by atoms with Crippen molar-refractivity contribution in [3.8, 4) is 0 Å². The molecule has 2 aliphatic heterocycles. The first kappa shape index (κ1) is 39.7. The lowest BCUT2D eigenvalue weighted by molar-refractivity contribution is -0.297. The summed E-state index contributed by atoms with van der Waals surface area (Å²) in [5, 5.41) is 0. The summed E-state index contributed by atoms with van der Waals surface area (Å²) < 4.78 is 32.5. The van der Waals surface area contributed by atoms with Crippen LogP contribution in [0.15, 0.2) is 35.1 Å². The van der Waals surface area contributed by atoms with Crippen molar-refractivity contribution in [1.29, 1.82) is 0 Å². The van der Waals surface area contributed by atoms with Gasteiger partial charge in [0.15, 0.2) is 6.29 Å². The number of hydrogen-bond donors (Lipinski definition) is 0. The van der Waals surface area contributed by atoms with E-state index < -0.39 is 14.6 Å². The number of likely N-dealkylation sites (N-methyl/N-ethyl adjacent to an activating group) is 1. The maximum atomic E-state index is 13.4. The normalized spacial score (nSPS) is 40.0. The van der Waals surface area contributed by atoms with Crippen molar-refractivity contribution in [3.63, 3.8) is 0 Å². The smallest absolute Gasteiger partial charge is 0.306 e. The number of methoxy groups -OCH3 is 1. The third-order valence-corrected chi connectivity index (χ3v) is 10.8. The third kappa shape index (κ3) is 11.3. The molecule has 5 unspecified atom stereocenters. The number of ether oxygens (including phenoxy) is 4. The van der Waals surface area contributed by atoms with Gasteiger partial charge in [-0.2, -0.15) is 0 Å². The van der Waals surface area contributed by atoms with Crippen LogP contribution >= 0.6 is 0 Å². The highest BCUT2D eigenvalue weighted by atomic mass is 28.4. The summed E-state index contributed by atoms with van der Waals surface area (Å²) in [5.74, 6) is 1.46. The lowest BCUT2D eigenvalue weighted by atomic mass is 9.80. The van der Waals surface area contributed by atoms with Crippen molar-refractivity contribution in [1.82, 2.24) is 4.90 Å². The Hall–Kier alpha value is -1.45. The van der Waals surface area contributed by atoms with Gasteiger partial charge in [0, 0.05) is 31.4 Å². The molecule has 0 radical (unpaired) electrons. The second kappa shape index (κ2) is 17.6. The molecule has 0 aromatic heterocycles. The predicted octanol–water partition coefficient (Wildman–Crippen LogP) is 8.38. The summed E-state index contributed by atoms with van der Waals surface area (Å²) in [6.07, 6.45) is 8.23. The van der Waals surface area contributed by atoms with Crippen molar-refractivity contribution < 1.29 is 28.2 Å². The molecule has 8 heteroatoms. The molecule has 0 bridgehead atoms. The lowest BCUT2D eigenvalue weighted by Gasteiger charge is -2.48. The molecule has 0 aromatic rings. The lowest BCUT2D eigenvalue weighted by Crippen LogP contribution is -2.60. The monoisotopic (exact) mass is 649 g/mol. The SMILES string of the molecule is CC[C@H]1/C=C(C)/C=C/C(O[Si](C)(C)C)=C(/C)C[C@H](C)[C@H](OC2OC(C)C(C)C(N(C)C)C2OC)[C@@H](C)[C@H](C)CC(=O)O[C@@H]1CC. The molecule has 260 valence electrons. The first-order valence-electron chi connectivity index (χ1n) is 17.4. The zero-order valence-electron chi connectivity index (χ0n) is 31.3. The van der Waals surface area contributed by atoms with Crippen LogP contribution in [0.3, 0.4) is 0 Å². The largest absolute Gasteiger partial charge is 0.544 e. The van der Waals surface area contributed by atoms with E-state index in [4.69, 9.17) is 23.4 Å². The Labute approximate surface area is 277 Å². The standard InChI is InChI=1S/C37H67NO6Si/c1-16-30-20-23(3)18-19-32(44-45(13,14)15)25(5)21-26(6)35(27(7)24(4)22-33(39)42-31(30)17-2)43-37-36(40-12)34(38(10)11)28(8)29(9)41-37/h18-20,24,26-31,34-37H,16-17,21-22H2,1-15H3/b19-18+,23-20+,32-25+/t24-,26+,27+,28?,29?,30+,31-,34?,35+,36?,37?/m1/s1. The van der Waals surface area contributed by atoms with E-state index in [1.807, 2.05) is 0 Å². The molecule has 0 amide bonds. The van der Waals surface area contributed by atoms with Crippen molar-refractivity contribution in [2.24, 2.45) is 29.6 Å². The highest BCUT2D eigenvalue weighted by Crippen LogP contribution is 2.37. The van der Waals surface area contributed by atoms with Gasteiger partial charge in [-0.15, -0.1) is 0 Å². The van der Waals surface area contributed by atoms with Crippen LogP contribution in [-0.4, -0.2) is 77.1 Å². The summed E-state index contributed by atoms with van der Waals surface area (Å²) in [6, 6.07) is 0.144. The van der Waals surface area contributed by atoms with Gasteiger partial charge in [-0.05, 0) is 103 Å². The summed E-state index contributed by atoms with van der Waals surface area (Å²) in [7, 11) is 4.06. The van der Waals surface area contributed by atoms with E-state index >= 15 is 0 Å². The third-order valence-electron chi connectivity index (χ3n) is 9.93. The Kier molecular flexibility index (Phi) is 15.6. The van der Waals surface area contributed by atoms with Crippen molar-refractivity contribution in [2.45, 2.75) is 144 Å². The molecule has 0 spiro atoms. The fourth-order valence-corrected chi connectivity index (χ4v) is 7.95. The van der Waals surface area contributed by atoms with Crippen molar-refractivity contribution in [2.75, 3.05) is 21.2 Å². The van der Waals surface area contributed by atoms with E-state index in [2.05, 4.69) is 119 Å². The van der Waals surface area contributed by atoms with Crippen LogP contribution in [0.25, 0.3) is 0 Å². The van der Waals surface area contributed by atoms with Crippen LogP contribution in [-0.2, 0) is 28.2 Å². The molecule has 0 aliphatic carbocycles. The number of rotatable bonds is 8. The zero-order valence-corrected chi connectivity index (χ0v) is 32.3. The summed E-state index contributed by atoms with van der Waals surface area (Å²) in [4.78, 5) is 15.6. The Morgan fingerprint density at radius 3 is 2.09 bits per heavy atom. The molecule has 0 N–H and O–H groups in total. The van der Waals surface area contributed by atoms with Crippen LogP contribution in [0.1, 0.15) is 88.0 Å². The van der Waals surface area contributed by atoms with E-state index in [1.165, 1.54) is 5.57 Å². The topological polar surface area (TPSA) is 66.5 Å². The van der Waals surface area contributed by atoms with Gasteiger partial charge in [0.2, 0.25) is 8.32 Å². The fourth-order valence-electron chi connectivity index (χ4n) is 7.05. The van der Waals surface area contributed by atoms with E-state index in [-0.39, 0.29) is 66.0 Å². The molecular formula is C37H67NO6Si. The summed E-state index contributed by atoms with van der Waals surface area (Å²) >= 11 is 0. The minimum absolute atomic E-state index is 0.00954. The molecule has 2 heterocycles. The number of allylic oxidation sites excluding steroid dienone is 4. The molecule has 1 saturated heterocycles. The van der Waals surface area contributed by atoms with Gasteiger partial charge in [-0.3, -0.25) is 4.79 Å². The molecule has 1 fully saturated rings. The average molecular weight is 650 g/mol. The minimum atomic E-state index is -1.88. The summed E-state index contributed by atoms with van der Waals surface area (Å²) in [5.41, 5.74) is 2.34. The maximum absolute atomic E-state index is 13.4. The van der Waals surface area contributed by atoms with E-state index in [1.54, 1.807) is 7.11 Å². The highest BCUT2D eigenvalue weighted by Gasteiger charge is 2.46. The van der Waals surface area contributed by atoms with Crippen LogP contribution in [0.2, 0.25) is 19.6 Å². The Morgan fingerprint density at radius 1 is 0.911 bits per heavy atom. The van der Waals surface area contributed by atoms with Crippen LogP contribution in [0, 0.1) is 29.6 Å². The average Bonchev–Trinajstić information content (AvgIpc) is 2.95. The molecule has 0 aromatic carbocycles. The number of cyclic esters (lactones) is 1. The Morgan fingerprint density at radius 2 is 1.56 bits per heavy atom. The maximum Gasteiger partial charge on any atom is 0.306 e. The van der Waals surface area contributed by atoms with Gasteiger partial charge in [0.05, 0.1) is 12.2 Å². The molecule has 0 saturated carbocycles. The van der Waals surface area contributed by atoms with Gasteiger partial charge in [0.1, 0.15) is 18.0 Å². The van der Waals surface area contributed by atoms with E-state index in [0.29, 0.717) is 6.42 Å². The quantitative estimate of drug-likeness (QED) is 0.193. The van der Waals surface area contributed by atoms with Gasteiger partial charge in [0.25, 0.3) is 0 Å². The Balaban J connectivity index is 2.62. The molecule has 2 aliphatic rings. The first-order valence-corrected chi connectivity index (χ1v) is 20.8. The van der Waals surface area contributed by atoms with Crippen LogP contribution < -0.4 is 0 Å². The first-order chi connectivity index (χ1) is 20.9. The van der Waals surface area contributed by atoms with Gasteiger partial charge < -0.3 is 28.3 Å². The van der Waals surface area contributed by atoms with Gasteiger partial charge in [-0.1, -0.05) is 59.3 Å².